The van der Waals surface area contributed by atoms with E-state index in [-0.39, 0.29) is 17.4 Å². The topological polar surface area (TPSA) is 71.1 Å². The Labute approximate surface area is 132 Å². The normalized spacial score (nSPS) is 13.5. The van der Waals surface area contributed by atoms with Gasteiger partial charge >= 0.3 is 0 Å². The molecular weight excluding hydrogens is 297 g/mol. The van der Waals surface area contributed by atoms with Gasteiger partial charge in [-0.05, 0) is 37.5 Å². The van der Waals surface area contributed by atoms with E-state index in [0.717, 1.165) is 12.8 Å². The highest BCUT2D eigenvalue weighted by Crippen LogP contribution is 2.30. The number of amides is 2. The smallest absolute Gasteiger partial charge is 0.258 e. The summed E-state index contributed by atoms with van der Waals surface area (Å²) in [7, 11) is 0. The summed E-state index contributed by atoms with van der Waals surface area (Å²) in [6.45, 7) is 1.67. The lowest BCUT2D eigenvalue weighted by atomic mass is 10.1. The summed E-state index contributed by atoms with van der Waals surface area (Å²) >= 11 is 0. The lowest BCUT2D eigenvalue weighted by Gasteiger charge is -2.10. The zero-order valence-corrected chi connectivity index (χ0v) is 12.6. The molecule has 1 aliphatic rings. The molecule has 1 saturated carbocycles. The molecule has 0 spiro atoms. The Morgan fingerprint density at radius 3 is 2.70 bits per heavy atom. The lowest BCUT2D eigenvalue weighted by Crippen LogP contribution is -2.17. The van der Waals surface area contributed by atoms with E-state index in [1.165, 1.54) is 12.3 Å². The molecule has 0 saturated heterocycles. The van der Waals surface area contributed by atoms with Crippen LogP contribution in [0.15, 0.2) is 36.5 Å². The van der Waals surface area contributed by atoms with Crippen molar-refractivity contribution in [1.29, 1.82) is 0 Å². The molecule has 1 aromatic carbocycles. The summed E-state index contributed by atoms with van der Waals surface area (Å²) in [6, 6.07) is 7.61. The molecule has 2 aromatic rings. The van der Waals surface area contributed by atoms with Crippen molar-refractivity contribution in [2.45, 2.75) is 19.8 Å². The maximum atomic E-state index is 13.8. The van der Waals surface area contributed by atoms with Crippen LogP contribution in [0.3, 0.4) is 0 Å². The number of hydrogen-bond donors (Lipinski definition) is 2. The molecule has 118 valence electrons. The first-order valence-electron chi connectivity index (χ1n) is 7.38. The number of halogens is 1. The summed E-state index contributed by atoms with van der Waals surface area (Å²) in [6.07, 6.45) is 3.27. The summed E-state index contributed by atoms with van der Waals surface area (Å²) < 4.78 is 13.8. The highest BCUT2D eigenvalue weighted by molar-refractivity contribution is 6.05. The van der Waals surface area contributed by atoms with Crippen LogP contribution < -0.4 is 10.6 Å². The molecule has 3 rings (SSSR count). The van der Waals surface area contributed by atoms with Crippen LogP contribution in [0.4, 0.5) is 15.9 Å². The molecule has 0 radical (unpaired) electrons. The number of anilines is 2. The predicted molar refractivity (Wildman–Crippen MR) is 84.7 cm³/mol. The fourth-order valence-corrected chi connectivity index (χ4v) is 2.26. The van der Waals surface area contributed by atoms with Crippen LogP contribution in [-0.4, -0.2) is 16.8 Å². The number of hydrogen-bond acceptors (Lipinski definition) is 3. The highest BCUT2D eigenvalue weighted by atomic mass is 19.1. The van der Waals surface area contributed by atoms with Gasteiger partial charge in [0.25, 0.3) is 5.91 Å². The molecule has 1 aromatic heterocycles. The highest BCUT2D eigenvalue weighted by Gasteiger charge is 2.29. The summed E-state index contributed by atoms with van der Waals surface area (Å²) in [5.74, 6) is -0.739. The third-order valence-electron chi connectivity index (χ3n) is 3.67. The first kappa shape index (κ1) is 15.1. The SMILES string of the molecule is Cc1cccc(F)c1C(=O)Nc1ccnc(NC(=O)C2CC2)c1. The lowest BCUT2D eigenvalue weighted by molar-refractivity contribution is -0.117. The first-order chi connectivity index (χ1) is 11.0. The second-order valence-electron chi connectivity index (χ2n) is 5.58. The standard InChI is InChI=1S/C17H16FN3O2/c1-10-3-2-4-13(18)15(10)17(23)20-12-7-8-19-14(9-12)21-16(22)11-5-6-11/h2-4,7-9,11H,5-6H2,1H3,(H2,19,20,21,22,23). The number of carbonyl (C=O) groups excluding carboxylic acids is 2. The van der Waals surface area contributed by atoms with Gasteiger partial charge in [0.05, 0.1) is 5.56 Å². The Bertz CT molecular complexity index is 752. The van der Waals surface area contributed by atoms with Gasteiger partial charge in [0.2, 0.25) is 5.91 Å². The van der Waals surface area contributed by atoms with E-state index in [2.05, 4.69) is 15.6 Å². The van der Waals surface area contributed by atoms with Crippen molar-refractivity contribution in [3.63, 3.8) is 0 Å². The van der Waals surface area contributed by atoms with Gasteiger partial charge in [0, 0.05) is 23.9 Å². The van der Waals surface area contributed by atoms with Gasteiger partial charge in [-0.15, -0.1) is 0 Å². The van der Waals surface area contributed by atoms with E-state index in [0.29, 0.717) is 17.1 Å². The molecule has 2 N–H and O–H groups in total. The Morgan fingerprint density at radius 1 is 1.22 bits per heavy atom. The van der Waals surface area contributed by atoms with E-state index in [4.69, 9.17) is 0 Å². The number of benzene rings is 1. The number of aryl methyl sites for hydroxylation is 1. The average molecular weight is 313 g/mol. The molecular formula is C17H16FN3O2. The van der Waals surface area contributed by atoms with Crippen LogP contribution in [-0.2, 0) is 4.79 Å². The van der Waals surface area contributed by atoms with Gasteiger partial charge < -0.3 is 10.6 Å². The number of pyridine rings is 1. The molecule has 23 heavy (non-hydrogen) atoms. The van der Waals surface area contributed by atoms with Gasteiger partial charge in [-0.25, -0.2) is 9.37 Å². The second-order valence-corrected chi connectivity index (χ2v) is 5.58. The van der Waals surface area contributed by atoms with Crippen molar-refractivity contribution in [2.24, 2.45) is 5.92 Å². The molecule has 6 heteroatoms. The number of nitrogens with zero attached hydrogens (tertiary/aromatic N) is 1. The Balaban J connectivity index is 1.74. The fraction of sp³-hybridized carbons (Fsp3) is 0.235. The Hall–Kier alpha value is -2.76. The maximum absolute atomic E-state index is 13.8. The van der Waals surface area contributed by atoms with E-state index in [1.807, 2.05) is 0 Å². The zero-order chi connectivity index (χ0) is 16.4. The minimum Gasteiger partial charge on any atom is -0.322 e. The van der Waals surface area contributed by atoms with Crippen LogP contribution in [0.1, 0.15) is 28.8 Å². The summed E-state index contributed by atoms with van der Waals surface area (Å²) in [5, 5.41) is 5.33. The van der Waals surface area contributed by atoms with Crippen molar-refractivity contribution in [1.82, 2.24) is 4.98 Å². The summed E-state index contributed by atoms with van der Waals surface area (Å²) in [4.78, 5) is 28.0. The molecule has 1 aliphatic carbocycles. The van der Waals surface area contributed by atoms with Crippen molar-refractivity contribution in [3.8, 4) is 0 Å². The van der Waals surface area contributed by atoms with Crippen molar-refractivity contribution < 1.29 is 14.0 Å². The molecule has 1 fully saturated rings. The maximum Gasteiger partial charge on any atom is 0.258 e. The van der Waals surface area contributed by atoms with Crippen LogP contribution in [0.5, 0.6) is 0 Å². The van der Waals surface area contributed by atoms with Gasteiger partial charge in [-0.3, -0.25) is 9.59 Å². The Morgan fingerprint density at radius 2 is 2.00 bits per heavy atom. The molecule has 0 bridgehead atoms. The van der Waals surface area contributed by atoms with Crippen LogP contribution in [0.25, 0.3) is 0 Å². The minimum absolute atomic E-state index is 0.00729. The van der Waals surface area contributed by atoms with Crippen molar-refractivity contribution >= 4 is 23.3 Å². The predicted octanol–water partition coefficient (Wildman–Crippen LogP) is 3.13. The van der Waals surface area contributed by atoms with Gasteiger partial charge in [0.15, 0.2) is 0 Å². The molecule has 1 heterocycles. The largest absolute Gasteiger partial charge is 0.322 e. The molecule has 0 unspecified atom stereocenters. The number of nitrogens with one attached hydrogen (secondary N) is 2. The third kappa shape index (κ3) is 3.53. The fourth-order valence-electron chi connectivity index (χ4n) is 2.26. The Kier molecular flexibility index (Phi) is 4.06. The average Bonchev–Trinajstić information content (AvgIpc) is 3.32. The number of carbonyl (C=O) groups is 2. The van der Waals surface area contributed by atoms with E-state index in [1.54, 1.807) is 31.2 Å². The quantitative estimate of drug-likeness (QED) is 0.911. The second kappa shape index (κ2) is 6.16. The van der Waals surface area contributed by atoms with Crippen molar-refractivity contribution in [2.75, 3.05) is 10.6 Å². The van der Waals surface area contributed by atoms with Gasteiger partial charge in [-0.1, -0.05) is 12.1 Å². The number of aromatic nitrogens is 1. The molecule has 0 atom stereocenters. The van der Waals surface area contributed by atoms with Crippen LogP contribution in [0, 0.1) is 18.7 Å². The molecule has 5 nitrogen and oxygen atoms in total. The van der Waals surface area contributed by atoms with E-state index < -0.39 is 11.7 Å². The monoisotopic (exact) mass is 313 g/mol. The van der Waals surface area contributed by atoms with Gasteiger partial charge in [-0.2, -0.15) is 0 Å². The minimum atomic E-state index is -0.571. The van der Waals surface area contributed by atoms with Gasteiger partial charge in [0.1, 0.15) is 11.6 Å². The molecule has 0 aliphatic heterocycles. The molecule has 2 amide bonds. The zero-order valence-electron chi connectivity index (χ0n) is 12.6. The van der Waals surface area contributed by atoms with E-state index >= 15 is 0 Å². The van der Waals surface area contributed by atoms with Crippen LogP contribution >= 0.6 is 0 Å². The van der Waals surface area contributed by atoms with Crippen LogP contribution in [0.2, 0.25) is 0 Å². The number of rotatable bonds is 4. The third-order valence-corrected chi connectivity index (χ3v) is 3.67. The van der Waals surface area contributed by atoms with Crippen molar-refractivity contribution in [3.05, 3.63) is 53.5 Å². The van der Waals surface area contributed by atoms with E-state index in [9.17, 15) is 14.0 Å². The first-order valence-corrected chi connectivity index (χ1v) is 7.38. The summed E-state index contributed by atoms with van der Waals surface area (Å²) in [5.41, 5.74) is 1.01.